The minimum absolute atomic E-state index is 0.0218. The van der Waals surface area contributed by atoms with Crippen molar-refractivity contribution in [1.29, 1.82) is 0 Å². The highest BCUT2D eigenvalue weighted by molar-refractivity contribution is 7.87. The first-order valence-electron chi connectivity index (χ1n) is 17.6. The Bertz CT molecular complexity index is 2410. The van der Waals surface area contributed by atoms with Crippen LogP contribution in [0.4, 0.5) is 47.1 Å². The smallest absolute Gasteiger partial charge is 0.297 e. The molecule has 0 unspecified atom stereocenters. The van der Waals surface area contributed by atoms with Gasteiger partial charge in [-0.2, -0.15) is 46.7 Å². The van der Waals surface area contributed by atoms with Gasteiger partial charge in [0.05, 0.1) is 13.2 Å². The molecule has 0 saturated carbocycles. The number of nitrogens with one attached hydrogen (secondary N) is 2. The Balaban J connectivity index is 1.08. The van der Waals surface area contributed by atoms with E-state index in [-0.39, 0.29) is 82.9 Å². The van der Waals surface area contributed by atoms with Gasteiger partial charge in [-0.05, 0) is 47.5 Å². The molecule has 6 N–H and O–H groups in total. The molecule has 4 aromatic carbocycles. The lowest BCUT2D eigenvalue weighted by Crippen LogP contribution is -2.26. The lowest BCUT2D eigenvalue weighted by molar-refractivity contribution is 0.324. The standard InChI is InChI=1S/C38H40N12O6S2/c1-49(37-45-33(39)43-35(47-37)41-29-15-5-3-6-16-29)23-25-55-57(51,52)31-19-11-9-13-27(31)21-22-28-14-10-12-20-32(28)58(53,54)56-26-24-50(2)38-46-34(40)44-36(48-38)42-30-17-7-4-8-18-30/h3-22H,23-26H2,1-2H3,(H3,39,41,43,45,47)(H3,40,42,44,46,48). The van der Waals surface area contributed by atoms with E-state index in [1.807, 2.05) is 60.7 Å². The number of para-hydroxylation sites is 2. The summed E-state index contributed by atoms with van der Waals surface area (Å²) in [5, 5.41) is 6.11. The summed E-state index contributed by atoms with van der Waals surface area (Å²) < 4.78 is 64.5. The molecule has 0 aliphatic carbocycles. The highest BCUT2D eigenvalue weighted by Crippen LogP contribution is 2.25. The maximum Gasteiger partial charge on any atom is 0.297 e. The van der Waals surface area contributed by atoms with Gasteiger partial charge in [0, 0.05) is 38.6 Å². The van der Waals surface area contributed by atoms with Gasteiger partial charge in [-0.1, -0.05) is 84.9 Å². The topological polar surface area (TPSA) is 247 Å². The highest BCUT2D eigenvalue weighted by atomic mass is 32.2. The Morgan fingerprint density at radius 1 is 0.534 bits per heavy atom. The van der Waals surface area contributed by atoms with Gasteiger partial charge < -0.3 is 31.9 Å². The molecule has 0 bridgehead atoms. The number of likely N-dealkylation sites (N-methyl/N-ethyl adjacent to an activating group) is 2. The summed E-state index contributed by atoms with van der Waals surface area (Å²) in [6, 6.07) is 30.9. The number of anilines is 8. The number of nitrogens with two attached hydrogens (primary N) is 2. The van der Waals surface area contributed by atoms with Crippen molar-refractivity contribution in [2.45, 2.75) is 9.79 Å². The van der Waals surface area contributed by atoms with Gasteiger partial charge in [0.15, 0.2) is 0 Å². The Hall–Kier alpha value is -6.74. The summed E-state index contributed by atoms with van der Waals surface area (Å²) in [7, 11) is -5.23. The van der Waals surface area contributed by atoms with Crippen molar-refractivity contribution in [3.63, 3.8) is 0 Å². The fourth-order valence-electron chi connectivity index (χ4n) is 5.28. The zero-order valence-corrected chi connectivity index (χ0v) is 33.0. The van der Waals surface area contributed by atoms with Gasteiger partial charge in [-0.25, -0.2) is 0 Å². The van der Waals surface area contributed by atoms with Crippen molar-refractivity contribution in [2.24, 2.45) is 0 Å². The summed E-state index contributed by atoms with van der Waals surface area (Å²) in [5.41, 5.74) is 13.8. The van der Waals surface area contributed by atoms with Gasteiger partial charge >= 0.3 is 0 Å². The van der Waals surface area contributed by atoms with Crippen LogP contribution in [-0.2, 0) is 28.6 Å². The van der Waals surface area contributed by atoms with Crippen molar-refractivity contribution in [2.75, 3.05) is 72.3 Å². The van der Waals surface area contributed by atoms with E-state index >= 15 is 0 Å². The summed E-state index contributed by atoms with van der Waals surface area (Å²) in [4.78, 5) is 28.2. The molecule has 0 aliphatic rings. The van der Waals surface area contributed by atoms with E-state index in [4.69, 9.17) is 19.8 Å². The number of aromatic nitrogens is 6. The van der Waals surface area contributed by atoms with Crippen LogP contribution in [0.25, 0.3) is 12.2 Å². The summed E-state index contributed by atoms with van der Waals surface area (Å²) >= 11 is 0. The Morgan fingerprint density at radius 3 is 1.29 bits per heavy atom. The highest BCUT2D eigenvalue weighted by Gasteiger charge is 2.22. The SMILES string of the molecule is CN(CCOS(=O)(=O)c1ccccc1C=Cc1ccccc1S(=O)(=O)OCCN(C)c1nc(N)nc(Nc2ccccc2)n1)c1nc(N)nc(Nc2ccccc2)n1. The summed E-state index contributed by atoms with van der Waals surface area (Å²) in [5.74, 6) is 0.809. The van der Waals surface area contributed by atoms with Crippen LogP contribution in [0.15, 0.2) is 119 Å². The molecule has 6 rings (SSSR count). The first-order valence-corrected chi connectivity index (χ1v) is 20.4. The minimum Gasteiger partial charge on any atom is -0.368 e. The van der Waals surface area contributed by atoms with Crippen LogP contribution >= 0.6 is 0 Å². The van der Waals surface area contributed by atoms with Crippen LogP contribution in [0.3, 0.4) is 0 Å². The second kappa shape index (κ2) is 18.5. The maximum absolute atomic E-state index is 13.4. The molecule has 0 radical (unpaired) electrons. The van der Waals surface area contributed by atoms with Gasteiger partial charge in [-0.15, -0.1) is 0 Å². The summed E-state index contributed by atoms with van der Waals surface area (Å²) in [6.07, 6.45) is 2.98. The van der Waals surface area contributed by atoms with Crippen LogP contribution in [0.5, 0.6) is 0 Å². The van der Waals surface area contributed by atoms with Gasteiger partial charge in [-0.3, -0.25) is 8.37 Å². The van der Waals surface area contributed by atoms with Crippen LogP contribution < -0.4 is 31.9 Å². The fourth-order valence-corrected chi connectivity index (χ4v) is 7.46. The van der Waals surface area contributed by atoms with Gasteiger partial charge in [0.1, 0.15) is 9.79 Å². The molecule has 0 spiro atoms. The van der Waals surface area contributed by atoms with Crippen LogP contribution in [-0.4, -0.2) is 87.1 Å². The van der Waals surface area contributed by atoms with E-state index in [2.05, 4.69) is 40.5 Å². The maximum atomic E-state index is 13.4. The number of hydrogen-bond acceptors (Lipinski definition) is 18. The predicted octanol–water partition coefficient (Wildman–Crippen LogP) is 4.56. The predicted molar refractivity (Wildman–Crippen MR) is 223 cm³/mol. The number of nitrogen functional groups attached to an aromatic ring is 2. The Morgan fingerprint density at radius 2 is 0.897 bits per heavy atom. The van der Waals surface area contributed by atoms with E-state index in [9.17, 15) is 16.8 Å². The number of nitrogens with zero attached hydrogens (tertiary/aromatic N) is 8. The van der Waals surface area contributed by atoms with Crippen LogP contribution in [0.2, 0.25) is 0 Å². The second-order valence-electron chi connectivity index (χ2n) is 12.4. The summed E-state index contributed by atoms with van der Waals surface area (Å²) in [6.45, 7) is -0.320. The zero-order valence-electron chi connectivity index (χ0n) is 31.4. The third kappa shape index (κ3) is 11.0. The number of rotatable bonds is 18. The molecule has 300 valence electrons. The van der Waals surface area contributed by atoms with E-state index in [1.165, 1.54) is 24.3 Å². The lowest BCUT2D eigenvalue weighted by atomic mass is 10.1. The van der Waals surface area contributed by atoms with Crippen molar-refractivity contribution < 1.29 is 25.2 Å². The monoisotopic (exact) mass is 824 g/mol. The average Bonchev–Trinajstić information content (AvgIpc) is 3.20. The van der Waals surface area contributed by atoms with E-state index in [1.54, 1.807) is 60.3 Å². The molecule has 18 nitrogen and oxygen atoms in total. The largest absolute Gasteiger partial charge is 0.368 e. The van der Waals surface area contributed by atoms with Gasteiger partial charge in [0.25, 0.3) is 20.2 Å². The van der Waals surface area contributed by atoms with E-state index in [0.717, 1.165) is 11.4 Å². The normalized spacial score (nSPS) is 11.7. The zero-order chi connectivity index (χ0) is 41.1. The van der Waals surface area contributed by atoms with E-state index < -0.39 is 20.2 Å². The molecule has 58 heavy (non-hydrogen) atoms. The third-order valence-electron chi connectivity index (χ3n) is 8.17. The Labute approximate surface area is 335 Å². The molecule has 0 atom stereocenters. The minimum atomic E-state index is -4.27. The van der Waals surface area contributed by atoms with Crippen molar-refractivity contribution in [1.82, 2.24) is 29.9 Å². The molecule has 0 aliphatic heterocycles. The molecule has 2 aromatic heterocycles. The van der Waals surface area contributed by atoms with Crippen molar-refractivity contribution in [3.8, 4) is 0 Å². The molecule has 0 amide bonds. The number of benzene rings is 4. The van der Waals surface area contributed by atoms with E-state index in [0.29, 0.717) is 0 Å². The third-order valence-corrected chi connectivity index (χ3v) is 10.9. The number of hydrogen-bond donors (Lipinski definition) is 4. The van der Waals surface area contributed by atoms with Crippen molar-refractivity contribution >= 4 is 79.5 Å². The first-order chi connectivity index (χ1) is 27.9. The quantitative estimate of drug-likeness (QED) is 0.0685. The molecule has 6 aromatic rings. The van der Waals surface area contributed by atoms with Crippen molar-refractivity contribution in [3.05, 3.63) is 120 Å². The molecular formula is C38H40N12O6S2. The molecule has 2 heterocycles. The molecule has 0 saturated heterocycles. The molecule has 0 fully saturated rings. The van der Waals surface area contributed by atoms with Gasteiger partial charge in [0.2, 0.25) is 35.7 Å². The second-order valence-corrected chi connectivity index (χ2v) is 15.6. The lowest BCUT2D eigenvalue weighted by Gasteiger charge is -2.18. The average molecular weight is 825 g/mol. The van der Waals surface area contributed by atoms with Crippen LogP contribution in [0.1, 0.15) is 11.1 Å². The molecular weight excluding hydrogens is 785 g/mol. The molecule has 20 heteroatoms. The van der Waals surface area contributed by atoms with Crippen LogP contribution in [0, 0.1) is 0 Å². The Kier molecular flexibility index (Phi) is 13.0. The fraction of sp³-hybridized carbons (Fsp3) is 0.158. The first kappa shape index (κ1) is 40.9.